The van der Waals surface area contributed by atoms with Crippen LogP contribution < -0.4 is 10.5 Å². The number of hydrogen-bond acceptors (Lipinski definition) is 6. The van der Waals surface area contributed by atoms with E-state index in [4.69, 9.17) is 4.98 Å². The fraction of sp³-hybridized carbons (Fsp3) is 0.381. The first-order chi connectivity index (χ1) is 13.8. The molecule has 2 aliphatic rings. The quantitative estimate of drug-likeness (QED) is 0.700. The molecule has 1 aliphatic carbocycles. The van der Waals surface area contributed by atoms with Crippen LogP contribution in [-0.4, -0.2) is 26.3 Å². The molecule has 0 spiro atoms. The van der Waals surface area contributed by atoms with Crippen molar-refractivity contribution in [3.63, 3.8) is 0 Å². The fourth-order valence-corrected chi connectivity index (χ4v) is 4.09. The lowest BCUT2D eigenvalue weighted by molar-refractivity contribution is 0.525. The molecular weight excluding hydrogens is 352 g/mol. The summed E-state index contributed by atoms with van der Waals surface area (Å²) in [5.41, 5.74) is 1.25. The van der Waals surface area contributed by atoms with Crippen molar-refractivity contribution >= 4 is 16.7 Å². The summed E-state index contributed by atoms with van der Waals surface area (Å²) in [6, 6.07) is 11.3. The van der Waals surface area contributed by atoms with E-state index in [0.717, 1.165) is 43.6 Å². The number of nitrogens with zero attached hydrogens (tertiary/aromatic N) is 6. The topological polar surface area (TPSA) is 87.7 Å². The molecule has 0 N–H and O–H groups in total. The van der Waals surface area contributed by atoms with Crippen molar-refractivity contribution in [2.45, 2.75) is 38.3 Å². The first-order valence-corrected chi connectivity index (χ1v) is 9.74. The third kappa shape index (κ3) is 2.82. The lowest BCUT2D eigenvalue weighted by Gasteiger charge is -2.27. The van der Waals surface area contributed by atoms with Gasteiger partial charge in [-0.3, -0.25) is 9.36 Å². The number of nitriles is 1. The first kappa shape index (κ1) is 16.9. The largest absolute Gasteiger partial charge is 0.344 e. The summed E-state index contributed by atoms with van der Waals surface area (Å²) in [5.74, 6) is 1.91. The van der Waals surface area contributed by atoms with Crippen molar-refractivity contribution in [3.8, 4) is 6.07 Å². The standard InChI is InChI=1S/C21H20N6O/c22-12-15-9-10-23-25-19(15)26-11-3-6-18(26)20-24-17-5-2-1-4-16(17)21(28)27(20)13-14-7-8-14/h1-2,4-5,9-10,14,18H,3,6-8,11,13H2. The Morgan fingerprint density at radius 3 is 2.86 bits per heavy atom. The van der Waals surface area contributed by atoms with Crippen LogP contribution in [0, 0.1) is 17.2 Å². The summed E-state index contributed by atoms with van der Waals surface area (Å²) < 4.78 is 1.87. The van der Waals surface area contributed by atoms with Gasteiger partial charge in [-0.1, -0.05) is 12.1 Å². The summed E-state index contributed by atoms with van der Waals surface area (Å²) in [5, 5.41) is 18.4. The van der Waals surface area contributed by atoms with E-state index in [0.29, 0.717) is 29.2 Å². The van der Waals surface area contributed by atoms with Crippen molar-refractivity contribution in [2.24, 2.45) is 5.92 Å². The molecule has 7 nitrogen and oxygen atoms in total. The van der Waals surface area contributed by atoms with Crippen LogP contribution in [-0.2, 0) is 6.54 Å². The predicted octanol–water partition coefficient (Wildman–Crippen LogP) is 2.81. The molecule has 1 saturated heterocycles. The molecule has 2 aromatic heterocycles. The highest BCUT2D eigenvalue weighted by atomic mass is 16.1. The average Bonchev–Trinajstić information content (AvgIpc) is 3.43. The van der Waals surface area contributed by atoms with Crippen LogP contribution in [0.5, 0.6) is 0 Å². The number of fused-ring (bicyclic) bond motifs is 1. The molecule has 1 atom stereocenters. The van der Waals surface area contributed by atoms with Crippen LogP contribution in [0.15, 0.2) is 41.3 Å². The molecule has 3 aromatic rings. The van der Waals surface area contributed by atoms with E-state index in [1.54, 1.807) is 6.07 Å². The minimum atomic E-state index is -0.0835. The zero-order valence-corrected chi connectivity index (χ0v) is 15.5. The van der Waals surface area contributed by atoms with Crippen molar-refractivity contribution in [1.29, 1.82) is 5.26 Å². The van der Waals surface area contributed by atoms with Crippen molar-refractivity contribution < 1.29 is 0 Å². The van der Waals surface area contributed by atoms with Crippen LogP contribution in [0.4, 0.5) is 5.82 Å². The zero-order valence-electron chi connectivity index (χ0n) is 15.5. The molecule has 0 radical (unpaired) electrons. The number of benzene rings is 1. The number of aromatic nitrogens is 4. The molecule has 7 heteroatoms. The summed E-state index contributed by atoms with van der Waals surface area (Å²) in [7, 11) is 0. The Hall–Kier alpha value is -3.27. The number of rotatable bonds is 4. The third-order valence-corrected chi connectivity index (χ3v) is 5.67. The van der Waals surface area contributed by atoms with Crippen molar-refractivity contribution in [3.05, 3.63) is 58.3 Å². The second-order valence-electron chi connectivity index (χ2n) is 7.58. The Morgan fingerprint density at radius 2 is 2.04 bits per heavy atom. The van der Waals surface area contributed by atoms with Gasteiger partial charge in [0.25, 0.3) is 5.56 Å². The van der Waals surface area contributed by atoms with Crippen LogP contribution >= 0.6 is 0 Å². The molecule has 1 aromatic carbocycles. The predicted molar refractivity (Wildman–Crippen MR) is 105 cm³/mol. The van der Waals surface area contributed by atoms with Gasteiger partial charge in [-0.15, -0.1) is 5.10 Å². The van der Waals surface area contributed by atoms with E-state index in [-0.39, 0.29) is 11.6 Å². The molecule has 0 bridgehead atoms. The van der Waals surface area contributed by atoms with Gasteiger partial charge in [0.15, 0.2) is 5.82 Å². The van der Waals surface area contributed by atoms with Crippen LogP contribution in [0.1, 0.15) is 43.1 Å². The maximum absolute atomic E-state index is 13.3. The molecule has 1 unspecified atom stereocenters. The van der Waals surface area contributed by atoms with E-state index in [2.05, 4.69) is 21.2 Å². The minimum Gasteiger partial charge on any atom is -0.344 e. The Kier molecular flexibility index (Phi) is 4.05. The van der Waals surface area contributed by atoms with E-state index < -0.39 is 0 Å². The van der Waals surface area contributed by atoms with Gasteiger partial charge in [-0.25, -0.2) is 4.98 Å². The molecule has 0 amide bonds. The van der Waals surface area contributed by atoms with Gasteiger partial charge in [0.2, 0.25) is 0 Å². The second-order valence-corrected chi connectivity index (χ2v) is 7.58. The smallest absolute Gasteiger partial charge is 0.261 e. The second kappa shape index (κ2) is 6.71. The van der Waals surface area contributed by atoms with Crippen molar-refractivity contribution in [2.75, 3.05) is 11.4 Å². The molecular formula is C21H20N6O. The average molecular weight is 372 g/mol. The maximum atomic E-state index is 13.3. The normalized spacial score (nSPS) is 19.1. The SMILES string of the molecule is N#Cc1ccnnc1N1CCCC1c1nc2ccccc2c(=O)n1CC1CC1. The molecule has 2 fully saturated rings. The highest BCUT2D eigenvalue weighted by Gasteiger charge is 2.34. The van der Waals surface area contributed by atoms with Gasteiger partial charge in [-0.05, 0) is 49.8 Å². The Balaban J connectivity index is 1.67. The van der Waals surface area contributed by atoms with Gasteiger partial charge >= 0.3 is 0 Å². The third-order valence-electron chi connectivity index (χ3n) is 5.67. The van der Waals surface area contributed by atoms with E-state index in [1.807, 2.05) is 28.8 Å². The highest BCUT2D eigenvalue weighted by molar-refractivity contribution is 5.77. The molecule has 28 heavy (non-hydrogen) atoms. The van der Waals surface area contributed by atoms with Gasteiger partial charge in [-0.2, -0.15) is 10.4 Å². The molecule has 1 aliphatic heterocycles. The van der Waals surface area contributed by atoms with Crippen LogP contribution in [0.25, 0.3) is 10.9 Å². The van der Waals surface area contributed by atoms with Gasteiger partial charge < -0.3 is 4.90 Å². The zero-order chi connectivity index (χ0) is 19.1. The summed E-state index contributed by atoms with van der Waals surface area (Å²) in [4.78, 5) is 20.3. The van der Waals surface area contributed by atoms with E-state index in [9.17, 15) is 10.1 Å². The molecule has 1 saturated carbocycles. The fourth-order valence-electron chi connectivity index (χ4n) is 4.09. The lowest BCUT2D eigenvalue weighted by atomic mass is 10.1. The Bertz CT molecular complexity index is 1140. The van der Waals surface area contributed by atoms with E-state index >= 15 is 0 Å². The van der Waals surface area contributed by atoms with Crippen molar-refractivity contribution in [1.82, 2.24) is 19.7 Å². The molecule has 3 heterocycles. The Morgan fingerprint density at radius 1 is 1.18 bits per heavy atom. The molecule has 5 rings (SSSR count). The van der Waals surface area contributed by atoms with Gasteiger partial charge in [0.05, 0.1) is 28.7 Å². The van der Waals surface area contributed by atoms with Gasteiger partial charge in [0, 0.05) is 13.1 Å². The number of hydrogen-bond donors (Lipinski definition) is 0. The summed E-state index contributed by atoms with van der Waals surface area (Å²) in [6.45, 7) is 1.48. The summed E-state index contributed by atoms with van der Waals surface area (Å²) in [6.07, 6.45) is 5.69. The van der Waals surface area contributed by atoms with Crippen LogP contribution in [0.3, 0.4) is 0 Å². The minimum absolute atomic E-state index is 0.0269. The molecule has 140 valence electrons. The monoisotopic (exact) mass is 372 g/mol. The van der Waals surface area contributed by atoms with Crippen LogP contribution in [0.2, 0.25) is 0 Å². The number of anilines is 1. The highest BCUT2D eigenvalue weighted by Crippen LogP contribution is 2.37. The first-order valence-electron chi connectivity index (χ1n) is 9.74. The van der Waals surface area contributed by atoms with Gasteiger partial charge in [0.1, 0.15) is 11.9 Å². The summed E-state index contributed by atoms with van der Waals surface area (Å²) >= 11 is 0. The lowest BCUT2D eigenvalue weighted by Crippen LogP contribution is -2.33. The maximum Gasteiger partial charge on any atom is 0.261 e. The number of para-hydroxylation sites is 1. The van der Waals surface area contributed by atoms with E-state index in [1.165, 1.54) is 6.20 Å². The Labute approximate surface area is 162 Å².